The van der Waals surface area contributed by atoms with Crippen molar-refractivity contribution >= 4 is 0 Å². The second kappa shape index (κ2) is 16.5. The number of aromatic nitrogens is 2. The third kappa shape index (κ3) is 10.9. The highest BCUT2D eigenvalue weighted by Gasteiger charge is 2.04. The molecule has 0 saturated carbocycles. The maximum Gasteiger partial charge on any atom is 0.159 e. The molecule has 3 heteroatoms. The summed E-state index contributed by atoms with van der Waals surface area (Å²) < 4.78 is 5.89. The van der Waals surface area contributed by atoms with Crippen LogP contribution in [0.3, 0.4) is 0 Å². The number of rotatable bonds is 18. The molecule has 1 atom stereocenters. The lowest BCUT2D eigenvalue weighted by Crippen LogP contribution is -1.97. The van der Waals surface area contributed by atoms with Crippen molar-refractivity contribution in [2.75, 3.05) is 6.61 Å². The SMILES string of the molecule is C=CCCCCCCCCOc1ccc(-c2ncc(CCCCC[C@@H](C)CC)cn2)cc1. The smallest absolute Gasteiger partial charge is 0.159 e. The van der Waals surface area contributed by atoms with E-state index in [2.05, 4.69) is 42.5 Å². The lowest BCUT2D eigenvalue weighted by Gasteiger charge is -2.08. The van der Waals surface area contributed by atoms with Gasteiger partial charge in [-0.25, -0.2) is 9.97 Å². The van der Waals surface area contributed by atoms with Crippen LogP contribution in [0.4, 0.5) is 0 Å². The highest BCUT2D eigenvalue weighted by atomic mass is 16.5. The predicted octanol–water partition coefficient (Wildman–Crippen LogP) is 8.59. The molecule has 2 rings (SSSR count). The zero-order chi connectivity index (χ0) is 22.9. The first kappa shape index (κ1) is 26.1. The van der Waals surface area contributed by atoms with Crippen molar-refractivity contribution in [3.63, 3.8) is 0 Å². The van der Waals surface area contributed by atoms with Gasteiger partial charge in [-0.3, -0.25) is 0 Å². The van der Waals surface area contributed by atoms with Gasteiger partial charge in [0.2, 0.25) is 0 Å². The standard InChI is InChI=1S/C29H44N2O/c1-4-6-7-8-9-10-11-15-22-32-28-20-18-27(19-21-28)29-30-23-26(24-31-29)17-14-12-13-16-25(3)5-2/h4,18-21,23-25H,1,5-17,22H2,2-3H3/t25-/m0/s1. The minimum atomic E-state index is 0.786. The maximum atomic E-state index is 5.89. The number of aryl methyl sites for hydroxylation is 1. The van der Waals surface area contributed by atoms with E-state index in [9.17, 15) is 0 Å². The molecule has 0 unspecified atom stereocenters. The zero-order valence-corrected chi connectivity index (χ0v) is 20.5. The Hall–Kier alpha value is -2.16. The van der Waals surface area contributed by atoms with Crippen LogP contribution >= 0.6 is 0 Å². The van der Waals surface area contributed by atoms with Gasteiger partial charge in [-0.15, -0.1) is 6.58 Å². The summed E-state index contributed by atoms with van der Waals surface area (Å²) in [7, 11) is 0. The van der Waals surface area contributed by atoms with Gasteiger partial charge >= 0.3 is 0 Å². The van der Waals surface area contributed by atoms with Crippen LogP contribution in [0.25, 0.3) is 11.4 Å². The van der Waals surface area contributed by atoms with E-state index in [0.717, 1.165) is 48.9 Å². The highest BCUT2D eigenvalue weighted by Crippen LogP contribution is 2.20. The summed E-state index contributed by atoms with van der Waals surface area (Å²) in [6, 6.07) is 8.16. The Balaban J connectivity index is 1.63. The Labute approximate surface area is 196 Å². The van der Waals surface area contributed by atoms with E-state index in [1.807, 2.05) is 30.6 Å². The second-order valence-electron chi connectivity index (χ2n) is 9.10. The Morgan fingerprint density at radius 3 is 2.22 bits per heavy atom. The predicted molar refractivity (Wildman–Crippen MR) is 137 cm³/mol. The molecule has 0 fully saturated rings. The summed E-state index contributed by atoms with van der Waals surface area (Å²) in [6.45, 7) is 9.18. The minimum Gasteiger partial charge on any atom is -0.494 e. The number of benzene rings is 1. The number of nitrogens with zero attached hydrogens (tertiary/aromatic N) is 2. The van der Waals surface area contributed by atoms with Crippen molar-refractivity contribution in [1.82, 2.24) is 9.97 Å². The van der Waals surface area contributed by atoms with E-state index in [1.54, 1.807) is 0 Å². The van der Waals surface area contributed by atoms with Gasteiger partial charge in [-0.1, -0.05) is 71.3 Å². The fourth-order valence-electron chi connectivity index (χ4n) is 3.82. The molecule has 0 bridgehead atoms. The van der Waals surface area contributed by atoms with Crippen LogP contribution in [0.5, 0.6) is 5.75 Å². The van der Waals surface area contributed by atoms with E-state index in [0.29, 0.717) is 0 Å². The summed E-state index contributed by atoms with van der Waals surface area (Å²) >= 11 is 0. The lowest BCUT2D eigenvalue weighted by molar-refractivity contribution is 0.304. The molecule has 0 aliphatic heterocycles. The van der Waals surface area contributed by atoms with Gasteiger partial charge < -0.3 is 4.74 Å². The fraction of sp³-hybridized carbons (Fsp3) is 0.586. The molecule has 0 radical (unpaired) electrons. The van der Waals surface area contributed by atoms with Crippen molar-refractivity contribution in [3.8, 4) is 17.1 Å². The van der Waals surface area contributed by atoms with Gasteiger partial charge in [0.15, 0.2) is 5.82 Å². The van der Waals surface area contributed by atoms with Crippen LogP contribution < -0.4 is 4.74 Å². The number of unbranched alkanes of at least 4 members (excludes halogenated alkanes) is 8. The van der Waals surface area contributed by atoms with E-state index >= 15 is 0 Å². The normalized spacial score (nSPS) is 11.9. The number of hydrogen-bond donors (Lipinski definition) is 0. The summed E-state index contributed by atoms with van der Waals surface area (Å²) in [4.78, 5) is 9.17. The topological polar surface area (TPSA) is 35.0 Å². The molecule has 0 saturated heterocycles. The van der Waals surface area contributed by atoms with Gasteiger partial charge in [0.25, 0.3) is 0 Å². The average Bonchev–Trinajstić information content (AvgIpc) is 2.83. The largest absolute Gasteiger partial charge is 0.494 e. The molecule has 1 heterocycles. The van der Waals surface area contributed by atoms with Crippen molar-refractivity contribution in [2.45, 2.75) is 97.3 Å². The van der Waals surface area contributed by atoms with Gasteiger partial charge in [0.05, 0.1) is 6.61 Å². The lowest BCUT2D eigenvalue weighted by atomic mass is 10.00. The van der Waals surface area contributed by atoms with Gasteiger partial charge in [-0.05, 0) is 67.9 Å². The first-order valence-corrected chi connectivity index (χ1v) is 12.9. The van der Waals surface area contributed by atoms with Gasteiger partial charge in [-0.2, -0.15) is 0 Å². The quantitative estimate of drug-likeness (QED) is 0.173. The molecule has 3 nitrogen and oxygen atoms in total. The van der Waals surface area contributed by atoms with Crippen LogP contribution in [0.15, 0.2) is 49.3 Å². The third-order valence-electron chi connectivity index (χ3n) is 6.25. The molecule has 2 aromatic rings. The molecule has 0 N–H and O–H groups in total. The first-order chi connectivity index (χ1) is 15.7. The second-order valence-corrected chi connectivity index (χ2v) is 9.10. The molecule has 176 valence electrons. The monoisotopic (exact) mass is 436 g/mol. The molecule has 1 aromatic heterocycles. The van der Waals surface area contributed by atoms with Crippen molar-refractivity contribution in [1.29, 1.82) is 0 Å². The van der Waals surface area contributed by atoms with Gasteiger partial charge in [0.1, 0.15) is 5.75 Å². The molecule has 1 aromatic carbocycles. The van der Waals surface area contributed by atoms with Crippen LogP contribution in [-0.4, -0.2) is 16.6 Å². The Morgan fingerprint density at radius 2 is 1.53 bits per heavy atom. The first-order valence-electron chi connectivity index (χ1n) is 12.9. The molecule has 0 spiro atoms. The minimum absolute atomic E-state index is 0.786. The molecule has 0 aliphatic rings. The van der Waals surface area contributed by atoms with E-state index in [1.165, 1.54) is 69.8 Å². The number of hydrogen-bond acceptors (Lipinski definition) is 3. The molecule has 0 amide bonds. The third-order valence-corrected chi connectivity index (χ3v) is 6.25. The Morgan fingerprint density at radius 1 is 0.875 bits per heavy atom. The van der Waals surface area contributed by atoms with Crippen molar-refractivity contribution in [3.05, 3.63) is 54.9 Å². The van der Waals surface area contributed by atoms with Gasteiger partial charge in [0, 0.05) is 18.0 Å². The highest BCUT2D eigenvalue weighted by molar-refractivity contribution is 5.55. The maximum absolute atomic E-state index is 5.89. The zero-order valence-electron chi connectivity index (χ0n) is 20.5. The Bertz CT molecular complexity index is 724. The van der Waals surface area contributed by atoms with E-state index < -0.39 is 0 Å². The number of ether oxygens (including phenoxy) is 1. The van der Waals surface area contributed by atoms with E-state index in [4.69, 9.17) is 4.74 Å². The van der Waals surface area contributed by atoms with Crippen LogP contribution in [0.2, 0.25) is 0 Å². The molecular weight excluding hydrogens is 392 g/mol. The Kier molecular flexibility index (Phi) is 13.4. The molecular formula is C29H44N2O. The van der Waals surface area contributed by atoms with Crippen molar-refractivity contribution < 1.29 is 4.74 Å². The summed E-state index contributed by atoms with van der Waals surface area (Å²) in [6.07, 6.45) is 22.3. The van der Waals surface area contributed by atoms with E-state index in [-0.39, 0.29) is 0 Å². The van der Waals surface area contributed by atoms with Crippen LogP contribution in [0, 0.1) is 5.92 Å². The summed E-state index contributed by atoms with van der Waals surface area (Å²) in [5.41, 5.74) is 2.27. The van der Waals surface area contributed by atoms with Crippen molar-refractivity contribution in [2.24, 2.45) is 5.92 Å². The van der Waals surface area contributed by atoms with Crippen LogP contribution in [0.1, 0.15) is 96.5 Å². The number of allylic oxidation sites excluding steroid dienone is 1. The van der Waals surface area contributed by atoms with Crippen LogP contribution in [-0.2, 0) is 6.42 Å². The summed E-state index contributed by atoms with van der Waals surface area (Å²) in [5.74, 6) is 2.57. The molecule has 32 heavy (non-hydrogen) atoms. The molecule has 0 aliphatic carbocycles. The fourth-order valence-corrected chi connectivity index (χ4v) is 3.82. The summed E-state index contributed by atoms with van der Waals surface area (Å²) in [5, 5.41) is 0. The average molecular weight is 437 g/mol.